The molecule has 26 heavy (non-hydrogen) atoms. The lowest BCUT2D eigenvalue weighted by atomic mass is 9.98. The molecule has 1 unspecified atom stereocenters. The summed E-state index contributed by atoms with van der Waals surface area (Å²) in [5.74, 6) is -0.471. The molecule has 2 aliphatic heterocycles. The molecule has 7 nitrogen and oxygen atoms in total. The quantitative estimate of drug-likeness (QED) is 0.608. The van der Waals surface area contributed by atoms with Crippen LogP contribution in [0.1, 0.15) is 23.5 Å². The minimum Gasteiger partial charge on any atom is -0.757 e. The maximum atomic E-state index is 13.2. The second-order valence-corrected chi connectivity index (χ2v) is 5.89. The van der Waals surface area contributed by atoms with Gasteiger partial charge in [-0.2, -0.15) is 10.0 Å². The summed E-state index contributed by atoms with van der Waals surface area (Å²) in [6, 6.07) is 10.4. The van der Waals surface area contributed by atoms with Crippen LogP contribution in [0, 0.1) is 27.6 Å². The topological polar surface area (TPSA) is 94.6 Å². The molecule has 0 radical (unpaired) electrons. The molecule has 2 aromatic rings. The van der Waals surface area contributed by atoms with E-state index >= 15 is 0 Å². The van der Waals surface area contributed by atoms with E-state index in [0.29, 0.717) is 34.1 Å². The zero-order valence-electron chi connectivity index (χ0n) is 13.5. The second kappa shape index (κ2) is 6.38. The number of benzene rings is 2. The number of hydrogen-bond donors (Lipinski definition) is 0. The molecule has 2 aromatic carbocycles. The van der Waals surface area contributed by atoms with Crippen molar-refractivity contribution in [2.24, 2.45) is 0 Å². The van der Waals surface area contributed by atoms with Crippen molar-refractivity contribution in [3.05, 3.63) is 69.8 Å². The molecule has 1 fully saturated rings. The molecular formula is C18H13FN3O4-. The number of nitrogens with zero attached hydrogens (tertiary/aromatic N) is 3. The number of hydrogen-bond acceptors (Lipinski definition) is 6. The summed E-state index contributed by atoms with van der Waals surface area (Å²) in [6.07, 6.45) is -0.603. The van der Waals surface area contributed by atoms with Gasteiger partial charge in [-0.3, -0.25) is 0 Å². The van der Waals surface area contributed by atoms with E-state index in [1.54, 1.807) is 6.07 Å². The lowest BCUT2D eigenvalue weighted by molar-refractivity contribution is -0.362. The van der Waals surface area contributed by atoms with E-state index < -0.39 is 18.1 Å². The fourth-order valence-electron chi connectivity index (χ4n) is 3.12. The van der Waals surface area contributed by atoms with Crippen LogP contribution in [-0.4, -0.2) is 23.7 Å². The molecule has 132 valence electrons. The van der Waals surface area contributed by atoms with E-state index in [4.69, 9.17) is 9.47 Å². The van der Waals surface area contributed by atoms with Gasteiger partial charge in [0.15, 0.2) is 12.4 Å². The van der Waals surface area contributed by atoms with E-state index in [0.717, 1.165) is 0 Å². The molecule has 0 N–H and O–H groups in total. The Morgan fingerprint density at radius 3 is 2.42 bits per heavy atom. The fraction of sp³-hybridized carbons (Fsp3) is 0.222. The fourth-order valence-corrected chi connectivity index (χ4v) is 3.12. The van der Waals surface area contributed by atoms with E-state index in [9.17, 15) is 20.1 Å². The maximum Gasteiger partial charge on any atom is 0.297 e. The number of rotatable bonds is 2. The van der Waals surface area contributed by atoms with Crippen molar-refractivity contribution in [2.45, 2.75) is 12.3 Å². The lowest BCUT2D eigenvalue weighted by Crippen LogP contribution is -2.36. The Kier molecular flexibility index (Phi) is 4.05. The van der Waals surface area contributed by atoms with Gasteiger partial charge in [0.2, 0.25) is 5.69 Å². The van der Waals surface area contributed by atoms with Crippen molar-refractivity contribution < 1.29 is 18.6 Å². The smallest absolute Gasteiger partial charge is 0.297 e. The number of hydroxylamine groups is 1. The summed E-state index contributed by atoms with van der Waals surface area (Å²) in [7, 11) is 0. The summed E-state index contributed by atoms with van der Waals surface area (Å²) >= 11 is 0. The molecular weight excluding hydrogens is 341 g/mol. The molecule has 0 saturated carbocycles. The Labute approximate surface area is 148 Å². The van der Waals surface area contributed by atoms with Crippen molar-refractivity contribution in [1.29, 1.82) is 5.26 Å². The highest BCUT2D eigenvalue weighted by molar-refractivity contribution is 6.04. The minimum absolute atomic E-state index is 0.0477. The first kappa shape index (κ1) is 16.5. The van der Waals surface area contributed by atoms with Gasteiger partial charge < -0.3 is 25.0 Å². The Morgan fingerprint density at radius 1 is 1.12 bits per heavy atom. The van der Waals surface area contributed by atoms with Crippen LogP contribution >= 0.6 is 0 Å². The van der Waals surface area contributed by atoms with Crippen LogP contribution in [0.3, 0.4) is 0 Å². The van der Waals surface area contributed by atoms with Gasteiger partial charge >= 0.3 is 0 Å². The van der Waals surface area contributed by atoms with Crippen molar-refractivity contribution >= 4 is 17.1 Å². The minimum atomic E-state index is -1.14. The Bertz CT molecular complexity index is 917. The molecule has 2 aliphatic rings. The Hall–Kier alpha value is -2.99. The average molecular weight is 354 g/mol. The SMILES string of the molecule is N#CC1=[N+]([O-])c2cc(C3OCCO3)ccc2N([O-])C1c1ccc(F)cc1. The number of anilines is 1. The molecule has 1 atom stereocenters. The largest absolute Gasteiger partial charge is 0.757 e. The normalized spacial score (nSPS) is 20.2. The highest BCUT2D eigenvalue weighted by Gasteiger charge is 2.36. The molecule has 0 aliphatic carbocycles. The first-order valence-corrected chi connectivity index (χ1v) is 7.93. The number of ether oxygens (including phenoxy) is 2. The first-order chi connectivity index (χ1) is 12.6. The lowest BCUT2D eigenvalue weighted by Gasteiger charge is -2.40. The van der Waals surface area contributed by atoms with E-state index in [-0.39, 0.29) is 17.1 Å². The summed E-state index contributed by atoms with van der Waals surface area (Å²) in [5, 5.41) is 35.7. The average Bonchev–Trinajstić information content (AvgIpc) is 3.20. The molecule has 0 amide bonds. The zero-order valence-corrected chi connectivity index (χ0v) is 13.5. The second-order valence-electron chi connectivity index (χ2n) is 5.89. The third-order valence-corrected chi connectivity index (χ3v) is 4.36. The number of fused-ring (bicyclic) bond motifs is 1. The van der Waals surface area contributed by atoms with Crippen LogP contribution in [0.25, 0.3) is 0 Å². The van der Waals surface area contributed by atoms with Crippen molar-refractivity contribution in [1.82, 2.24) is 0 Å². The third-order valence-electron chi connectivity index (χ3n) is 4.36. The predicted octanol–water partition coefficient (Wildman–Crippen LogP) is 3.04. The summed E-state index contributed by atoms with van der Waals surface area (Å²) < 4.78 is 24.4. The monoisotopic (exact) mass is 354 g/mol. The van der Waals surface area contributed by atoms with E-state index in [1.165, 1.54) is 36.4 Å². The van der Waals surface area contributed by atoms with Crippen molar-refractivity contribution in [3.8, 4) is 6.07 Å². The molecule has 4 rings (SSSR count). The van der Waals surface area contributed by atoms with Gasteiger partial charge in [0.05, 0.1) is 13.2 Å². The van der Waals surface area contributed by atoms with Crippen LogP contribution in [0.5, 0.6) is 0 Å². The molecule has 2 heterocycles. The zero-order chi connectivity index (χ0) is 18.3. The molecule has 0 bridgehead atoms. The number of halogens is 1. The van der Waals surface area contributed by atoms with Crippen molar-refractivity contribution in [2.75, 3.05) is 18.3 Å². The molecule has 0 spiro atoms. The van der Waals surface area contributed by atoms with Crippen LogP contribution in [0.15, 0.2) is 42.5 Å². The van der Waals surface area contributed by atoms with Crippen LogP contribution in [-0.2, 0) is 9.47 Å². The third kappa shape index (κ3) is 2.59. The van der Waals surface area contributed by atoms with Crippen LogP contribution in [0.4, 0.5) is 15.8 Å². The molecule has 1 saturated heterocycles. The summed E-state index contributed by atoms with van der Waals surface area (Å²) in [4.78, 5) is 0. The van der Waals surface area contributed by atoms with E-state index in [2.05, 4.69) is 0 Å². The van der Waals surface area contributed by atoms with Gasteiger partial charge in [-0.15, -0.1) is 0 Å². The van der Waals surface area contributed by atoms with Gasteiger partial charge in [-0.05, 0) is 23.8 Å². The highest BCUT2D eigenvalue weighted by Crippen LogP contribution is 2.41. The highest BCUT2D eigenvalue weighted by atomic mass is 19.1. The Balaban J connectivity index is 1.81. The summed E-state index contributed by atoms with van der Waals surface area (Å²) in [6.45, 7) is 0.886. The van der Waals surface area contributed by atoms with Gasteiger partial charge in [0.25, 0.3) is 5.71 Å². The standard InChI is InChI=1S/C18H13FN3O4/c19-13-4-1-11(2-5-13)17-16(10-20)21(23)15-9-12(18-25-7-8-26-18)3-6-14(15)22(17)24/h1-6,9,17-18H,7-8H2/q-1. The van der Waals surface area contributed by atoms with Crippen LogP contribution < -0.4 is 5.06 Å². The first-order valence-electron chi connectivity index (χ1n) is 7.93. The van der Waals surface area contributed by atoms with Crippen molar-refractivity contribution in [3.63, 3.8) is 0 Å². The Morgan fingerprint density at radius 2 is 1.77 bits per heavy atom. The number of nitriles is 1. The van der Waals surface area contributed by atoms with Gasteiger partial charge in [-0.1, -0.05) is 18.2 Å². The van der Waals surface area contributed by atoms with E-state index in [1.807, 2.05) is 6.07 Å². The predicted molar refractivity (Wildman–Crippen MR) is 90.0 cm³/mol. The molecule has 0 aromatic heterocycles. The van der Waals surface area contributed by atoms with Gasteiger partial charge in [0.1, 0.15) is 17.5 Å². The summed E-state index contributed by atoms with van der Waals surface area (Å²) in [5.41, 5.74) is 0.829. The maximum absolute atomic E-state index is 13.2. The van der Waals surface area contributed by atoms with Crippen LogP contribution in [0.2, 0.25) is 0 Å². The molecule has 8 heteroatoms. The van der Waals surface area contributed by atoms with Gasteiger partial charge in [0, 0.05) is 11.6 Å². The van der Waals surface area contributed by atoms with Gasteiger partial charge in [-0.25, -0.2) is 4.39 Å².